The average molecular weight is 362 g/mol. The number of rotatable bonds is 7. The number of aromatic carboxylic acids is 1. The molecule has 3 N–H and O–H groups in total. The van der Waals surface area contributed by atoms with E-state index >= 15 is 0 Å². The number of carboxylic acids is 1. The zero-order valence-electron chi connectivity index (χ0n) is 14.4. The fourth-order valence-corrected chi connectivity index (χ4v) is 3.67. The van der Waals surface area contributed by atoms with Gasteiger partial charge in [0.05, 0.1) is 10.5 Å². The molecular weight excluding hydrogens is 340 g/mol. The van der Waals surface area contributed by atoms with Crippen molar-refractivity contribution in [3.8, 4) is 0 Å². The molecule has 7 heteroatoms. The minimum Gasteiger partial charge on any atom is -0.478 e. The molecule has 1 atom stereocenters. The fourth-order valence-electron chi connectivity index (χ4n) is 2.41. The molecule has 0 aromatic heterocycles. The van der Waals surface area contributed by atoms with E-state index in [2.05, 4.69) is 10.0 Å². The lowest BCUT2D eigenvalue weighted by atomic mass is 10.1. The first-order chi connectivity index (χ1) is 11.7. The molecule has 0 aliphatic carbocycles. The summed E-state index contributed by atoms with van der Waals surface area (Å²) in [4.78, 5) is 11.4. The molecule has 0 saturated heterocycles. The summed E-state index contributed by atoms with van der Waals surface area (Å²) >= 11 is 0. The smallest absolute Gasteiger partial charge is 0.337 e. The maximum atomic E-state index is 12.6. The van der Waals surface area contributed by atoms with Crippen molar-refractivity contribution in [2.75, 3.05) is 5.32 Å². The zero-order valence-corrected chi connectivity index (χ0v) is 15.2. The Morgan fingerprint density at radius 3 is 2.24 bits per heavy atom. The number of hydrogen-bond acceptors (Lipinski definition) is 4. The molecule has 6 nitrogen and oxygen atoms in total. The maximum Gasteiger partial charge on any atom is 0.337 e. The highest BCUT2D eigenvalue weighted by Gasteiger charge is 2.21. The average Bonchev–Trinajstić information content (AvgIpc) is 2.54. The monoisotopic (exact) mass is 362 g/mol. The standard InChI is InChI=1S/C18H22N2O4S/c1-12(2)19-17-10-9-15(11-16(17)18(21)22)25(23,24)20-13(3)14-7-5-4-6-8-14/h4-13,19-20H,1-3H3,(H,21,22). The number of hydrogen-bond donors (Lipinski definition) is 3. The van der Waals surface area contributed by atoms with Crippen LogP contribution in [0.25, 0.3) is 0 Å². The molecule has 2 aromatic rings. The third-order valence-electron chi connectivity index (χ3n) is 3.61. The second-order valence-electron chi connectivity index (χ2n) is 6.07. The Labute approximate surface area is 147 Å². The molecule has 0 aliphatic rings. The Hall–Kier alpha value is -2.38. The van der Waals surface area contributed by atoms with E-state index in [9.17, 15) is 18.3 Å². The van der Waals surface area contributed by atoms with Crippen LogP contribution < -0.4 is 10.0 Å². The maximum absolute atomic E-state index is 12.6. The van der Waals surface area contributed by atoms with Gasteiger partial charge in [-0.25, -0.2) is 17.9 Å². The topological polar surface area (TPSA) is 95.5 Å². The van der Waals surface area contributed by atoms with Gasteiger partial charge >= 0.3 is 5.97 Å². The van der Waals surface area contributed by atoms with E-state index in [1.807, 2.05) is 44.2 Å². The van der Waals surface area contributed by atoms with Crippen molar-refractivity contribution < 1.29 is 18.3 Å². The van der Waals surface area contributed by atoms with Crippen molar-refractivity contribution in [3.05, 3.63) is 59.7 Å². The second kappa shape index (κ2) is 7.67. The predicted octanol–water partition coefficient (Wildman–Crippen LogP) is 3.24. The van der Waals surface area contributed by atoms with Gasteiger partial charge < -0.3 is 10.4 Å². The van der Waals surface area contributed by atoms with E-state index in [0.29, 0.717) is 5.69 Å². The molecule has 25 heavy (non-hydrogen) atoms. The molecule has 0 bridgehead atoms. The lowest BCUT2D eigenvalue weighted by molar-refractivity contribution is 0.0697. The summed E-state index contributed by atoms with van der Waals surface area (Å²) in [6, 6.07) is 12.8. The summed E-state index contributed by atoms with van der Waals surface area (Å²) in [5.74, 6) is -1.18. The van der Waals surface area contributed by atoms with Crippen LogP contribution >= 0.6 is 0 Å². The molecule has 0 amide bonds. The first kappa shape index (κ1) is 19.0. The molecule has 0 saturated carbocycles. The molecule has 2 rings (SSSR count). The van der Waals surface area contributed by atoms with Gasteiger partial charge in [0, 0.05) is 17.8 Å². The fraction of sp³-hybridized carbons (Fsp3) is 0.278. The van der Waals surface area contributed by atoms with Crippen molar-refractivity contribution in [1.82, 2.24) is 4.72 Å². The number of carboxylic acid groups (broad SMARTS) is 1. The van der Waals surface area contributed by atoms with Crippen LogP contribution in [0, 0.1) is 0 Å². The number of sulfonamides is 1. The normalized spacial score (nSPS) is 12.8. The van der Waals surface area contributed by atoms with Crippen molar-refractivity contribution in [2.45, 2.75) is 37.8 Å². The Morgan fingerprint density at radius 1 is 1.04 bits per heavy atom. The summed E-state index contributed by atoms with van der Waals surface area (Å²) in [5.41, 5.74) is 1.13. The van der Waals surface area contributed by atoms with Crippen molar-refractivity contribution in [2.24, 2.45) is 0 Å². The molecular formula is C18H22N2O4S. The Balaban J connectivity index is 2.33. The molecule has 134 valence electrons. The van der Waals surface area contributed by atoms with Crippen LogP contribution in [0.3, 0.4) is 0 Å². The Morgan fingerprint density at radius 2 is 1.68 bits per heavy atom. The van der Waals surface area contributed by atoms with Gasteiger partial charge in [0.1, 0.15) is 0 Å². The predicted molar refractivity (Wildman–Crippen MR) is 97.3 cm³/mol. The van der Waals surface area contributed by atoms with Crippen molar-refractivity contribution in [1.29, 1.82) is 0 Å². The Bertz CT molecular complexity index is 849. The van der Waals surface area contributed by atoms with E-state index in [4.69, 9.17) is 0 Å². The minimum absolute atomic E-state index is 0.0248. The molecule has 1 unspecified atom stereocenters. The largest absolute Gasteiger partial charge is 0.478 e. The third kappa shape index (κ3) is 4.80. The van der Waals surface area contributed by atoms with E-state index < -0.39 is 22.0 Å². The van der Waals surface area contributed by atoms with Gasteiger partial charge in [0.2, 0.25) is 10.0 Å². The lowest BCUT2D eigenvalue weighted by Gasteiger charge is -2.17. The van der Waals surface area contributed by atoms with Crippen molar-refractivity contribution in [3.63, 3.8) is 0 Å². The van der Waals surface area contributed by atoms with Crippen molar-refractivity contribution >= 4 is 21.7 Å². The first-order valence-electron chi connectivity index (χ1n) is 7.92. The molecule has 2 aromatic carbocycles. The summed E-state index contributed by atoms with van der Waals surface area (Å²) in [6.45, 7) is 5.48. The Kier molecular flexibility index (Phi) is 5.81. The number of carbonyl (C=O) groups is 1. The number of benzene rings is 2. The summed E-state index contributed by atoms with van der Waals surface area (Å²) in [5, 5.41) is 12.4. The van der Waals surface area contributed by atoms with E-state index in [1.165, 1.54) is 18.2 Å². The zero-order chi connectivity index (χ0) is 18.6. The molecule has 0 heterocycles. The van der Waals surface area contributed by atoms with Crippen LogP contribution in [-0.2, 0) is 10.0 Å². The van der Waals surface area contributed by atoms with Gasteiger partial charge in [-0.05, 0) is 44.5 Å². The molecule has 0 aliphatic heterocycles. The highest BCUT2D eigenvalue weighted by molar-refractivity contribution is 7.89. The summed E-state index contributed by atoms with van der Waals surface area (Å²) in [6.07, 6.45) is 0. The highest BCUT2D eigenvalue weighted by atomic mass is 32.2. The SMILES string of the molecule is CC(C)Nc1ccc(S(=O)(=O)NC(C)c2ccccc2)cc1C(=O)O. The van der Waals surface area contributed by atoms with Crippen LogP contribution in [0.15, 0.2) is 53.4 Å². The van der Waals surface area contributed by atoms with E-state index in [0.717, 1.165) is 5.56 Å². The second-order valence-corrected chi connectivity index (χ2v) is 7.78. The van der Waals surface area contributed by atoms with Crippen LogP contribution in [0.4, 0.5) is 5.69 Å². The van der Waals surface area contributed by atoms with E-state index in [-0.39, 0.29) is 16.5 Å². The van der Waals surface area contributed by atoms with Crippen LogP contribution in [0.1, 0.15) is 42.7 Å². The van der Waals surface area contributed by atoms with Gasteiger partial charge in [-0.1, -0.05) is 30.3 Å². The van der Waals surface area contributed by atoms with E-state index in [1.54, 1.807) is 6.92 Å². The van der Waals surface area contributed by atoms with Gasteiger partial charge in [0.25, 0.3) is 0 Å². The van der Waals surface area contributed by atoms with Crippen LogP contribution in [0.2, 0.25) is 0 Å². The molecule has 0 spiro atoms. The van der Waals surface area contributed by atoms with Gasteiger partial charge in [0.15, 0.2) is 0 Å². The van der Waals surface area contributed by atoms with Crippen LogP contribution in [0.5, 0.6) is 0 Å². The van der Waals surface area contributed by atoms with Gasteiger partial charge in [-0.2, -0.15) is 0 Å². The molecule has 0 fully saturated rings. The summed E-state index contributed by atoms with van der Waals surface area (Å²) < 4.78 is 27.8. The molecule has 0 radical (unpaired) electrons. The lowest BCUT2D eigenvalue weighted by Crippen LogP contribution is -2.27. The number of nitrogens with one attached hydrogen (secondary N) is 2. The third-order valence-corrected chi connectivity index (χ3v) is 5.15. The minimum atomic E-state index is -3.85. The van der Waals surface area contributed by atoms with Gasteiger partial charge in [-0.15, -0.1) is 0 Å². The number of anilines is 1. The quantitative estimate of drug-likeness (QED) is 0.703. The highest BCUT2D eigenvalue weighted by Crippen LogP contribution is 2.23. The van der Waals surface area contributed by atoms with Gasteiger partial charge in [-0.3, -0.25) is 0 Å². The first-order valence-corrected chi connectivity index (χ1v) is 9.40. The van der Waals surface area contributed by atoms with Crippen LogP contribution in [-0.4, -0.2) is 25.5 Å². The summed E-state index contributed by atoms with van der Waals surface area (Å²) in [7, 11) is -3.85.